The van der Waals surface area contributed by atoms with Gasteiger partial charge in [0, 0.05) is 43.3 Å². The van der Waals surface area contributed by atoms with Crippen LogP contribution in [0, 0.1) is 0 Å². The third-order valence-corrected chi connectivity index (χ3v) is 6.71. The zero-order chi connectivity index (χ0) is 21.6. The molecular formula is C24H28N4O2S. The molecule has 4 rings (SSSR count). The van der Waals surface area contributed by atoms with Crippen molar-refractivity contribution in [1.29, 1.82) is 0 Å². The van der Waals surface area contributed by atoms with Gasteiger partial charge < -0.3 is 4.90 Å². The molecule has 7 heteroatoms. The third kappa shape index (κ3) is 4.98. The second-order valence-corrected chi connectivity index (χ2v) is 8.88. The smallest absolute Gasteiger partial charge is 0.262 e. The predicted molar refractivity (Wildman–Crippen MR) is 124 cm³/mol. The number of fused-ring (bicyclic) bond motifs is 1. The van der Waals surface area contributed by atoms with Crippen LogP contribution >= 0.6 is 11.8 Å². The highest BCUT2D eigenvalue weighted by Crippen LogP contribution is 2.23. The largest absolute Gasteiger partial charge is 0.339 e. The molecule has 1 fully saturated rings. The first-order valence-electron chi connectivity index (χ1n) is 11.0. The number of carbonyl (C=O) groups is 1. The number of likely N-dealkylation sites (tertiary alicyclic amines) is 1. The second-order valence-electron chi connectivity index (χ2n) is 7.93. The number of thioether (sulfide) groups is 1. The lowest BCUT2D eigenvalue weighted by Gasteiger charge is -2.16. The second kappa shape index (κ2) is 10.1. The number of benzene rings is 1. The van der Waals surface area contributed by atoms with Gasteiger partial charge in [0.1, 0.15) is 0 Å². The van der Waals surface area contributed by atoms with Gasteiger partial charge in [-0.05, 0) is 55.2 Å². The molecule has 1 aliphatic rings. The molecule has 1 amide bonds. The van der Waals surface area contributed by atoms with Crippen LogP contribution in [0.5, 0.6) is 0 Å². The van der Waals surface area contributed by atoms with Crippen LogP contribution in [0.3, 0.4) is 0 Å². The van der Waals surface area contributed by atoms with Crippen molar-refractivity contribution in [3.05, 3.63) is 64.2 Å². The normalized spacial score (nSPS) is 13.8. The molecule has 1 saturated heterocycles. The summed E-state index contributed by atoms with van der Waals surface area (Å²) in [6.45, 7) is 4.41. The molecule has 162 valence electrons. The molecule has 0 radical (unpaired) electrons. The van der Waals surface area contributed by atoms with E-state index in [-0.39, 0.29) is 11.5 Å². The molecule has 1 aliphatic heterocycles. The van der Waals surface area contributed by atoms with Gasteiger partial charge in [-0.2, -0.15) is 0 Å². The lowest BCUT2D eigenvalue weighted by atomic mass is 10.1. The quantitative estimate of drug-likeness (QED) is 0.295. The lowest BCUT2D eigenvalue weighted by Crippen LogP contribution is -2.28. The van der Waals surface area contributed by atoms with E-state index in [0.717, 1.165) is 50.8 Å². The molecule has 0 saturated carbocycles. The van der Waals surface area contributed by atoms with E-state index in [0.29, 0.717) is 33.9 Å². The van der Waals surface area contributed by atoms with Gasteiger partial charge in [-0.1, -0.05) is 31.5 Å². The predicted octanol–water partition coefficient (Wildman–Crippen LogP) is 4.51. The first kappa shape index (κ1) is 21.6. The maximum atomic E-state index is 13.3. The third-order valence-electron chi connectivity index (χ3n) is 5.66. The van der Waals surface area contributed by atoms with Crippen molar-refractivity contribution in [1.82, 2.24) is 19.4 Å². The Labute approximate surface area is 186 Å². The van der Waals surface area contributed by atoms with Crippen LogP contribution in [0.4, 0.5) is 0 Å². The van der Waals surface area contributed by atoms with Crippen molar-refractivity contribution in [2.75, 3.05) is 13.1 Å². The average Bonchev–Trinajstić information content (AvgIpc) is 3.34. The SMILES string of the molecule is CCCCCn1c(SCc2ccncc2)nc2cc(C(=O)N3CCCC3)ccc2c1=O. The average molecular weight is 437 g/mol. The monoisotopic (exact) mass is 436 g/mol. The summed E-state index contributed by atoms with van der Waals surface area (Å²) in [6.07, 6.45) is 8.76. The van der Waals surface area contributed by atoms with Gasteiger partial charge in [0.2, 0.25) is 0 Å². The van der Waals surface area contributed by atoms with E-state index in [4.69, 9.17) is 4.98 Å². The van der Waals surface area contributed by atoms with Crippen LogP contribution in [0.15, 0.2) is 52.7 Å². The Bertz CT molecular complexity index is 1110. The Morgan fingerprint density at radius 2 is 1.87 bits per heavy atom. The van der Waals surface area contributed by atoms with Gasteiger partial charge in [-0.3, -0.25) is 19.1 Å². The Kier molecular flexibility index (Phi) is 7.02. The minimum atomic E-state index is -0.0292. The summed E-state index contributed by atoms with van der Waals surface area (Å²) in [5.74, 6) is 0.736. The topological polar surface area (TPSA) is 68.1 Å². The minimum absolute atomic E-state index is 0.0271. The molecule has 0 spiro atoms. The maximum absolute atomic E-state index is 13.3. The van der Waals surface area contributed by atoms with E-state index in [1.54, 1.807) is 46.9 Å². The Morgan fingerprint density at radius 3 is 2.61 bits per heavy atom. The van der Waals surface area contributed by atoms with E-state index >= 15 is 0 Å². The number of nitrogens with zero attached hydrogens (tertiary/aromatic N) is 4. The zero-order valence-electron chi connectivity index (χ0n) is 17.9. The molecule has 6 nitrogen and oxygen atoms in total. The number of aromatic nitrogens is 3. The van der Waals surface area contributed by atoms with Gasteiger partial charge in [0.15, 0.2) is 5.16 Å². The molecule has 1 aromatic carbocycles. The fourth-order valence-corrected chi connectivity index (χ4v) is 4.87. The number of hydrogen-bond donors (Lipinski definition) is 0. The van der Waals surface area contributed by atoms with E-state index in [1.807, 2.05) is 17.0 Å². The van der Waals surface area contributed by atoms with Crippen molar-refractivity contribution in [2.45, 2.75) is 56.5 Å². The first-order chi connectivity index (χ1) is 15.2. The van der Waals surface area contributed by atoms with Gasteiger partial charge in [0.05, 0.1) is 10.9 Å². The standard InChI is InChI=1S/C24H28N4O2S/c1-2-3-4-15-28-23(30)20-8-7-19(22(29)27-13-5-6-14-27)16-21(20)26-24(28)31-17-18-9-11-25-12-10-18/h7-12,16H,2-6,13-15,17H2,1H3. The van der Waals surface area contributed by atoms with E-state index in [2.05, 4.69) is 11.9 Å². The van der Waals surface area contributed by atoms with Crippen molar-refractivity contribution in [3.63, 3.8) is 0 Å². The molecular weight excluding hydrogens is 408 g/mol. The molecule has 3 aromatic rings. The summed E-state index contributed by atoms with van der Waals surface area (Å²) in [6, 6.07) is 9.26. The summed E-state index contributed by atoms with van der Waals surface area (Å²) in [5.41, 5.74) is 2.31. The highest BCUT2D eigenvalue weighted by atomic mass is 32.2. The maximum Gasteiger partial charge on any atom is 0.262 e. The number of amides is 1. The highest BCUT2D eigenvalue weighted by molar-refractivity contribution is 7.98. The molecule has 2 aromatic heterocycles. The molecule has 0 aliphatic carbocycles. The fourth-order valence-electron chi connectivity index (χ4n) is 3.89. The van der Waals surface area contributed by atoms with Crippen LogP contribution in [0.2, 0.25) is 0 Å². The van der Waals surface area contributed by atoms with Crippen LogP contribution in [-0.2, 0) is 12.3 Å². The molecule has 0 unspecified atom stereocenters. The van der Waals surface area contributed by atoms with E-state index < -0.39 is 0 Å². The Hall–Kier alpha value is -2.67. The summed E-state index contributed by atoms with van der Waals surface area (Å²) >= 11 is 1.56. The van der Waals surface area contributed by atoms with Crippen molar-refractivity contribution >= 4 is 28.6 Å². The minimum Gasteiger partial charge on any atom is -0.339 e. The van der Waals surface area contributed by atoms with Crippen molar-refractivity contribution in [3.8, 4) is 0 Å². The Morgan fingerprint density at radius 1 is 1.10 bits per heavy atom. The van der Waals surface area contributed by atoms with Crippen LogP contribution in [-0.4, -0.2) is 38.4 Å². The van der Waals surface area contributed by atoms with Gasteiger partial charge in [-0.15, -0.1) is 0 Å². The van der Waals surface area contributed by atoms with Crippen molar-refractivity contribution in [2.24, 2.45) is 0 Å². The van der Waals surface area contributed by atoms with Gasteiger partial charge >= 0.3 is 0 Å². The number of pyridine rings is 1. The summed E-state index contributed by atoms with van der Waals surface area (Å²) < 4.78 is 1.80. The molecule has 0 bridgehead atoms. The number of rotatable bonds is 8. The van der Waals surface area contributed by atoms with Crippen LogP contribution in [0.1, 0.15) is 54.9 Å². The number of hydrogen-bond acceptors (Lipinski definition) is 5. The van der Waals surface area contributed by atoms with Crippen LogP contribution < -0.4 is 5.56 Å². The van der Waals surface area contributed by atoms with E-state index in [1.165, 1.54) is 0 Å². The number of unbranched alkanes of at least 4 members (excludes halogenated alkanes) is 2. The number of carbonyl (C=O) groups excluding carboxylic acids is 1. The lowest BCUT2D eigenvalue weighted by molar-refractivity contribution is 0.0793. The zero-order valence-corrected chi connectivity index (χ0v) is 18.7. The first-order valence-corrected chi connectivity index (χ1v) is 12.0. The summed E-state index contributed by atoms with van der Waals surface area (Å²) in [5, 5.41) is 1.28. The molecule has 0 N–H and O–H groups in total. The molecule has 0 atom stereocenters. The van der Waals surface area contributed by atoms with Gasteiger partial charge in [0.25, 0.3) is 11.5 Å². The van der Waals surface area contributed by atoms with Gasteiger partial charge in [-0.25, -0.2) is 4.98 Å². The van der Waals surface area contributed by atoms with Crippen molar-refractivity contribution < 1.29 is 4.79 Å². The fraction of sp³-hybridized carbons (Fsp3) is 0.417. The highest BCUT2D eigenvalue weighted by Gasteiger charge is 2.21. The van der Waals surface area contributed by atoms with Crippen LogP contribution in [0.25, 0.3) is 10.9 Å². The summed E-state index contributed by atoms with van der Waals surface area (Å²) in [7, 11) is 0. The Balaban J connectivity index is 1.69. The molecule has 3 heterocycles. The summed E-state index contributed by atoms with van der Waals surface area (Å²) in [4.78, 5) is 36.9. The van der Waals surface area contributed by atoms with E-state index in [9.17, 15) is 9.59 Å². The molecule has 31 heavy (non-hydrogen) atoms.